The van der Waals surface area contributed by atoms with E-state index >= 15 is 0 Å². The topological polar surface area (TPSA) is 83.7 Å². The van der Waals surface area contributed by atoms with Crippen LogP contribution in [-0.4, -0.2) is 28.2 Å². The Morgan fingerprint density at radius 1 is 1.46 bits per heavy atom. The van der Waals surface area contributed by atoms with Gasteiger partial charge in [0.15, 0.2) is 0 Å². The van der Waals surface area contributed by atoms with Gasteiger partial charge in [-0.1, -0.05) is 6.92 Å². The van der Waals surface area contributed by atoms with Gasteiger partial charge in [0.25, 0.3) is 0 Å². The Kier molecular flexibility index (Phi) is 5.36. The summed E-state index contributed by atoms with van der Waals surface area (Å²) in [6.07, 6.45) is 4.29. The molecule has 1 aliphatic heterocycles. The van der Waals surface area contributed by atoms with Crippen molar-refractivity contribution >= 4 is 23.4 Å². The minimum atomic E-state index is -0.474. The predicted octanol–water partition coefficient (Wildman–Crippen LogP) is 4.86. The number of benzene rings is 1. The Labute approximate surface area is 165 Å². The van der Waals surface area contributed by atoms with Gasteiger partial charge in [-0.3, -0.25) is 15.5 Å². The molecule has 2 heterocycles. The molecule has 7 nitrogen and oxygen atoms in total. The molecule has 0 aliphatic carbocycles. The quantitative estimate of drug-likeness (QED) is 0.454. The number of hydrazone groups is 1. The highest BCUT2D eigenvalue weighted by Gasteiger charge is 2.35. The zero-order chi connectivity index (χ0) is 20.5. The summed E-state index contributed by atoms with van der Waals surface area (Å²) in [5.74, 6) is 0.581. The van der Waals surface area contributed by atoms with Crippen molar-refractivity contribution in [3.05, 3.63) is 57.3 Å². The Balaban J connectivity index is 1.90. The van der Waals surface area contributed by atoms with Crippen LogP contribution in [0.2, 0.25) is 0 Å². The second-order valence-electron chi connectivity index (χ2n) is 7.93. The number of rotatable bonds is 5. The van der Waals surface area contributed by atoms with Crippen molar-refractivity contribution in [2.24, 2.45) is 5.10 Å². The summed E-state index contributed by atoms with van der Waals surface area (Å²) in [6.45, 7) is 12.1. The lowest BCUT2D eigenvalue weighted by Crippen LogP contribution is -2.48. The van der Waals surface area contributed by atoms with Crippen LogP contribution in [0.25, 0.3) is 0 Å². The molecule has 148 valence electrons. The SMILES string of the molecule is CCN1c2cc(C)c(/C=N\Nc3ncccc3[N+](=O)[O-])cc2C(C)CC1(C)C. The van der Waals surface area contributed by atoms with E-state index in [9.17, 15) is 10.1 Å². The van der Waals surface area contributed by atoms with E-state index in [1.54, 1.807) is 6.21 Å². The van der Waals surface area contributed by atoms with Gasteiger partial charge in [-0.15, -0.1) is 0 Å². The van der Waals surface area contributed by atoms with Crippen LogP contribution in [-0.2, 0) is 0 Å². The molecule has 0 bridgehead atoms. The van der Waals surface area contributed by atoms with Crippen LogP contribution in [0.1, 0.15) is 56.7 Å². The number of aryl methyl sites for hydroxylation is 1. The molecule has 0 fully saturated rings. The largest absolute Gasteiger partial charge is 0.366 e. The fourth-order valence-electron chi connectivity index (χ4n) is 4.18. The first-order valence-electron chi connectivity index (χ1n) is 9.55. The van der Waals surface area contributed by atoms with Gasteiger partial charge < -0.3 is 4.90 Å². The van der Waals surface area contributed by atoms with Gasteiger partial charge in [-0.25, -0.2) is 4.98 Å². The molecule has 28 heavy (non-hydrogen) atoms. The van der Waals surface area contributed by atoms with Crippen molar-refractivity contribution in [3.8, 4) is 0 Å². The average Bonchev–Trinajstić information content (AvgIpc) is 2.62. The summed E-state index contributed by atoms with van der Waals surface area (Å²) >= 11 is 0. The normalized spacial score (nSPS) is 18.2. The molecule has 1 aromatic heterocycles. The number of hydrogen-bond donors (Lipinski definition) is 1. The Hall–Kier alpha value is -2.96. The highest BCUT2D eigenvalue weighted by atomic mass is 16.6. The minimum absolute atomic E-state index is 0.101. The van der Waals surface area contributed by atoms with E-state index in [-0.39, 0.29) is 17.0 Å². The number of hydrogen-bond acceptors (Lipinski definition) is 6. The molecule has 2 aromatic rings. The van der Waals surface area contributed by atoms with E-state index in [2.05, 4.69) is 67.2 Å². The van der Waals surface area contributed by atoms with E-state index in [1.165, 1.54) is 29.6 Å². The highest BCUT2D eigenvalue weighted by Crippen LogP contribution is 2.44. The third-order valence-corrected chi connectivity index (χ3v) is 5.45. The van der Waals surface area contributed by atoms with E-state index in [4.69, 9.17) is 0 Å². The lowest BCUT2D eigenvalue weighted by atomic mass is 9.79. The van der Waals surface area contributed by atoms with Crippen LogP contribution < -0.4 is 10.3 Å². The van der Waals surface area contributed by atoms with Crippen LogP contribution >= 0.6 is 0 Å². The molecular formula is C21H27N5O2. The minimum Gasteiger partial charge on any atom is -0.366 e. The van der Waals surface area contributed by atoms with Crippen molar-refractivity contribution in [1.82, 2.24) is 4.98 Å². The second-order valence-corrected chi connectivity index (χ2v) is 7.93. The third-order valence-electron chi connectivity index (χ3n) is 5.45. The summed E-state index contributed by atoms with van der Waals surface area (Å²) in [6, 6.07) is 7.34. The van der Waals surface area contributed by atoms with Gasteiger partial charge in [-0.2, -0.15) is 5.10 Å². The highest BCUT2D eigenvalue weighted by molar-refractivity contribution is 5.84. The van der Waals surface area contributed by atoms with Gasteiger partial charge in [0, 0.05) is 30.0 Å². The Bertz CT molecular complexity index is 923. The summed E-state index contributed by atoms with van der Waals surface area (Å²) < 4.78 is 0. The van der Waals surface area contributed by atoms with Gasteiger partial charge in [0.1, 0.15) is 0 Å². The first-order chi connectivity index (χ1) is 13.2. The molecule has 1 aliphatic rings. The number of nitrogens with one attached hydrogen (secondary N) is 1. The number of anilines is 2. The molecule has 0 spiro atoms. The van der Waals surface area contributed by atoms with Gasteiger partial charge in [-0.05, 0) is 74.9 Å². The average molecular weight is 381 g/mol. The zero-order valence-electron chi connectivity index (χ0n) is 17.1. The lowest BCUT2D eigenvalue weighted by Gasteiger charge is -2.47. The molecule has 1 N–H and O–H groups in total. The van der Waals surface area contributed by atoms with Crippen LogP contribution in [0.4, 0.5) is 17.2 Å². The molecule has 0 saturated heterocycles. The van der Waals surface area contributed by atoms with E-state index < -0.39 is 4.92 Å². The number of nitro groups is 1. The smallest absolute Gasteiger partial charge is 0.313 e. The maximum Gasteiger partial charge on any atom is 0.313 e. The van der Waals surface area contributed by atoms with Crippen molar-refractivity contribution < 1.29 is 4.92 Å². The first-order valence-corrected chi connectivity index (χ1v) is 9.55. The predicted molar refractivity (Wildman–Crippen MR) is 113 cm³/mol. The van der Waals surface area contributed by atoms with Crippen molar-refractivity contribution in [3.63, 3.8) is 0 Å². The molecule has 1 atom stereocenters. The fraction of sp³-hybridized carbons (Fsp3) is 0.429. The van der Waals surface area contributed by atoms with Gasteiger partial charge >= 0.3 is 5.69 Å². The number of pyridine rings is 1. The number of nitrogens with zero attached hydrogens (tertiary/aromatic N) is 4. The molecule has 0 amide bonds. The van der Waals surface area contributed by atoms with E-state index in [1.807, 2.05) is 0 Å². The second kappa shape index (κ2) is 7.58. The first kappa shape index (κ1) is 19.8. The van der Waals surface area contributed by atoms with E-state index in [0.29, 0.717) is 5.92 Å². The summed E-state index contributed by atoms with van der Waals surface area (Å²) in [7, 11) is 0. The standard InChI is InChI=1S/C21H27N5O2/c1-6-25-19-10-14(2)16(11-17(19)15(3)12-21(25,4)5)13-23-24-20-18(26(27)28)8-7-9-22-20/h7-11,13,15H,6,12H2,1-5H3,(H,22,24)/b23-13-. The molecule has 0 saturated carbocycles. The molecule has 0 radical (unpaired) electrons. The van der Waals surface area contributed by atoms with Crippen LogP contribution in [0, 0.1) is 17.0 Å². The maximum absolute atomic E-state index is 11.1. The van der Waals surface area contributed by atoms with Crippen LogP contribution in [0.5, 0.6) is 0 Å². The number of fused-ring (bicyclic) bond motifs is 1. The zero-order valence-corrected chi connectivity index (χ0v) is 17.1. The van der Waals surface area contributed by atoms with Crippen molar-refractivity contribution in [2.45, 2.75) is 52.5 Å². The molecular weight excluding hydrogens is 354 g/mol. The lowest BCUT2D eigenvalue weighted by molar-refractivity contribution is -0.384. The third kappa shape index (κ3) is 3.69. The molecule has 1 unspecified atom stereocenters. The van der Waals surface area contributed by atoms with Gasteiger partial charge in [0.2, 0.25) is 5.82 Å². The molecule has 7 heteroatoms. The summed E-state index contributed by atoms with van der Waals surface area (Å²) in [5.41, 5.74) is 7.44. The summed E-state index contributed by atoms with van der Waals surface area (Å²) in [4.78, 5) is 17.1. The Morgan fingerprint density at radius 3 is 2.89 bits per heavy atom. The summed E-state index contributed by atoms with van der Waals surface area (Å²) in [5, 5.41) is 15.3. The fourth-order valence-corrected chi connectivity index (χ4v) is 4.18. The number of aromatic nitrogens is 1. The molecule has 1 aromatic carbocycles. The van der Waals surface area contributed by atoms with E-state index in [0.717, 1.165) is 24.1 Å². The maximum atomic E-state index is 11.1. The van der Waals surface area contributed by atoms with Crippen LogP contribution in [0.3, 0.4) is 0 Å². The monoisotopic (exact) mass is 381 g/mol. The van der Waals surface area contributed by atoms with Gasteiger partial charge in [0.05, 0.1) is 11.1 Å². The van der Waals surface area contributed by atoms with Crippen molar-refractivity contribution in [2.75, 3.05) is 16.9 Å². The molecule has 3 rings (SSSR count). The van der Waals surface area contributed by atoms with Crippen LogP contribution in [0.15, 0.2) is 35.6 Å². The Morgan fingerprint density at radius 2 is 2.21 bits per heavy atom. The van der Waals surface area contributed by atoms with Crippen molar-refractivity contribution in [1.29, 1.82) is 0 Å².